The number of hydrogen-bond acceptors (Lipinski definition) is 2. The number of hydrogen-bond donors (Lipinski definition) is 3. The Balaban J connectivity index is 2.38. The van der Waals surface area contributed by atoms with Crippen LogP contribution in [0.1, 0.15) is 40.0 Å². The van der Waals surface area contributed by atoms with Gasteiger partial charge in [-0.05, 0) is 38.0 Å². The Hall–Kier alpha value is -1.26. The quantitative estimate of drug-likeness (QED) is 0.703. The average molecular weight is 242 g/mol. The summed E-state index contributed by atoms with van der Waals surface area (Å²) in [6.45, 7) is 5.80. The van der Waals surface area contributed by atoms with Gasteiger partial charge in [0, 0.05) is 6.04 Å². The molecule has 0 bridgehead atoms. The molecule has 0 aliphatic heterocycles. The van der Waals surface area contributed by atoms with E-state index in [2.05, 4.69) is 24.5 Å². The summed E-state index contributed by atoms with van der Waals surface area (Å²) in [6, 6.07) is -1.08. The fourth-order valence-corrected chi connectivity index (χ4v) is 2.35. The van der Waals surface area contributed by atoms with Crippen molar-refractivity contribution in [2.75, 3.05) is 0 Å². The number of nitrogens with one attached hydrogen (secondary N) is 2. The third kappa shape index (κ3) is 4.24. The van der Waals surface area contributed by atoms with E-state index in [0.29, 0.717) is 11.8 Å². The molecule has 98 valence electrons. The van der Waals surface area contributed by atoms with Crippen LogP contribution in [0.25, 0.3) is 0 Å². The lowest BCUT2D eigenvalue weighted by atomic mass is 9.80. The molecule has 5 nitrogen and oxygen atoms in total. The van der Waals surface area contributed by atoms with Gasteiger partial charge in [0.25, 0.3) is 0 Å². The Morgan fingerprint density at radius 3 is 2.47 bits per heavy atom. The lowest BCUT2D eigenvalue weighted by Gasteiger charge is -2.33. The van der Waals surface area contributed by atoms with Gasteiger partial charge < -0.3 is 15.7 Å². The van der Waals surface area contributed by atoms with Crippen LogP contribution < -0.4 is 10.6 Å². The van der Waals surface area contributed by atoms with E-state index in [9.17, 15) is 9.59 Å². The van der Waals surface area contributed by atoms with E-state index >= 15 is 0 Å². The smallest absolute Gasteiger partial charge is 0.325 e. The number of carbonyl (C=O) groups is 2. The second-order valence-corrected chi connectivity index (χ2v) is 5.18. The monoisotopic (exact) mass is 242 g/mol. The lowest BCUT2D eigenvalue weighted by Crippen LogP contribution is -2.50. The van der Waals surface area contributed by atoms with Gasteiger partial charge in [0.15, 0.2) is 0 Å². The fraction of sp³-hybridized carbons (Fsp3) is 0.833. The minimum Gasteiger partial charge on any atom is -0.480 e. The van der Waals surface area contributed by atoms with Gasteiger partial charge in [0.1, 0.15) is 6.04 Å². The van der Waals surface area contributed by atoms with Crippen molar-refractivity contribution in [2.24, 2.45) is 11.8 Å². The molecule has 0 heterocycles. The molecule has 3 unspecified atom stereocenters. The predicted octanol–water partition coefficient (Wildman–Crippen LogP) is 1.58. The van der Waals surface area contributed by atoms with Gasteiger partial charge in [-0.3, -0.25) is 4.79 Å². The summed E-state index contributed by atoms with van der Waals surface area (Å²) >= 11 is 0. The van der Waals surface area contributed by atoms with Crippen LogP contribution in [-0.4, -0.2) is 29.2 Å². The predicted molar refractivity (Wildman–Crippen MR) is 64.7 cm³/mol. The van der Waals surface area contributed by atoms with Gasteiger partial charge in [0.2, 0.25) is 0 Å². The van der Waals surface area contributed by atoms with E-state index in [-0.39, 0.29) is 12.1 Å². The molecule has 0 aromatic rings. The fourth-order valence-electron chi connectivity index (χ4n) is 2.35. The van der Waals surface area contributed by atoms with E-state index in [1.54, 1.807) is 0 Å². The van der Waals surface area contributed by atoms with Crippen LogP contribution in [0.2, 0.25) is 0 Å². The summed E-state index contributed by atoms with van der Waals surface area (Å²) in [5.41, 5.74) is 0. The first-order chi connectivity index (χ1) is 7.90. The molecule has 17 heavy (non-hydrogen) atoms. The number of carbonyl (C=O) groups excluding carboxylic acids is 1. The molecule has 0 aromatic carbocycles. The van der Waals surface area contributed by atoms with Crippen molar-refractivity contribution >= 4 is 12.0 Å². The molecular formula is C12H22N2O3. The van der Waals surface area contributed by atoms with Gasteiger partial charge in [-0.15, -0.1) is 0 Å². The topological polar surface area (TPSA) is 78.4 Å². The summed E-state index contributed by atoms with van der Waals surface area (Å²) in [4.78, 5) is 22.2. The Morgan fingerprint density at radius 2 is 1.94 bits per heavy atom. The third-order valence-electron chi connectivity index (χ3n) is 3.47. The van der Waals surface area contributed by atoms with E-state index in [1.165, 1.54) is 6.92 Å². The Morgan fingerprint density at radius 1 is 1.29 bits per heavy atom. The molecule has 0 radical (unpaired) electrons. The van der Waals surface area contributed by atoms with Crippen molar-refractivity contribution < 1.29 is 14.7 Å². The van der Waals surface area contributed by atoms with Crippen molar-refractivity contribution in [3.8, 4) is 0 Å². The second-order valence-electron chi connectivity index (χ2n) is 5.18. The highest BCUT2D eigenvalue weighted by Crippen LogP contribution is 2.28. The molecule has 4 atom stereocenters. The summed E-state index contributed by atoms with van der Waals surface area (Å²) < 4.78 is 0. The Labute approximate surface area is 102 Å². The first-order valence-corrected chi connectivity index (χ1v) is 6.20. The highest BCUT2D eigenvalue weighted by molar-refractivity contribution is 5.82. The van der Waals surface area contributed by atoms with Crippen LogP contribution in [0.15, 0.2) is 0 Å². The molecule has 1 rings (SSSR count). The number of carboxylic acid groups (broad SMARTS) is 1. The summed E-state index contributed by atoms with van der Waals surface area (Å²) in [7, 11) is 0. The van der Waals surface area contributed by atoms with Crippen molar-refractivity contribution in [3.05, 3.63) is 0 Å². The van der Waals surface area contributed by atoms with E-state index in [1.807, 2.05) is 0 Å². The number of carboxylic acids is 1. The lowest BCUT2D eigenvalue weighted by molar-refractivity contribution is -0.138. The van der Waals surface area contributed by atoms with Gasteiger partial charge in [-0.2, -0.15) is 0 Å². The Bertz CT molecular complexity index is 293. The van der Waals surface area contributed by atoms with Crippen LogP contribution in [-0.2, 0) is 4.79 Å². The normalized spacial score (nSPS) is 30.4. The molecule has 2 amide bonds. The highest BCUT2D eigenvalue weighted by atomic mass is 16.4. The van der Waals surface area contributed by atoms with E-state index in [4.69, 9.17) is 5.11 Å². The maximum Gasteiger partial charge on any atom is 0.325 e. The largest absolute Gasteiger partial charge is 0.480 e. The first kappa shape index (κ1) is 13.8. The molecule has 5 heteroatoms. The van der Waals surface area contributed by atoms with Gasteiger partial charge in [-0.25, -0.2) is 4.79 Å². The molecule has 1 fully saturated rings. The molecule has 1 aliphatic rings. The molecule has 0 spiro atoms. The zero-order valence-electron chi connectivity index (χ0n) is 10.7. The maximum absolute atomic E-state index is 11.6. The van der Waals surface area contributed by atoms with Gasteiger partial charge in [0.05, 0.1) is 0 Å². The van der Waals surface area contributed by atoms with Gasteiger partial charge in [-0.1, -0.05) is 13.8 Å². The molecule has 1 aliphatic carbocycles. The standard InChI is InChI=1S/C12H22N2O3/c1-7-4-5-10(8(2)6-7)14-12(17)13-9(3)11(15)16/h7-10H,4-6H2,1-3H3,(H,15,16)(H2,13,14,17)/t7?,8?,9-,10?/m1/s1. The minimum atomic E-state index is -1.02. The second kappa shape index (κ2) is 5.89. The number of urea groups is 1. The average Bonchev–Trinajstić information content (AvgIpc) is 2.22. The van der Waals surface area contributed by atoms with Crippen LogP contribution in [0, 0.1) is 11.8 Å². The number of rotatable bonds is 3. The van der Waals surface area contributed by atoms with Crippen LogP contribution in [0.5, 0.6) is 0 Å². The minimum absolute atomic E-state index is 0.159. The van der Waals surface area contributed by atoms with Crippen LogP contribution in [0.4, 0.5) is 4.79 Å². The highest BCUT2D eigenvalue weighted by Gasteiger charge is 2.27. The maximum atomic E-state index is 11.6. The molecule has 0 aromatic heterocycles. The van der Waals surface area contributed by atoms with Crippen molar-refractivity contribution in [1.29, 1.82) is 0 Å². The molecular weight excluding hydrogens is 220 g/mol. The zero-order valence-corrected chi connectivity index (χ0v) is 10.7. The van der Waals surface area contributed by atoms with E-state index in [0.717, 1.165) is 19.3 Å². The molecule has 3 N–H and O–H groups in total. The Kier molecular flexibility index (Phi) is 4.78. The first-order valence-electron chi connectivity index (χ1n) is 6.20. The zero-order chi connectivity index (χ0) is 13.0. The summed E-state index contributed by atoms with van der Waals surface area (Å²) in [5, 5.41) is 14.0. The molecule has 1 saturated carbocycles. The summed E-state index contributed by atoms with van der Waals surface area (Å²) in [6.07, 6.45) is 3.19. The van der Waals surface area contributed by atoms with Crippen LogP contribution in [0.3, 0.4) is 0 Å². The van der Waals surface area contributed by atoms with Crippen molar-refractivity contribution in [3.63, 3.8) is 0 Å². The van der Waals surface area contributed by atoms with Crippen molar-refractivity contribution in [1.82, 2.24) is 10.6 Å². The SMILES string of the molecule is CC1CCC(NC(=O)N[C@H](C)C(=O)O)C(C)C1. The third-order valence-corrected chi connectivity index (χ3v) is 3.47. The number of amides is 2. The molecule has 0 saturated heterocycles. The van der Waals surface area contributed by atoms with Crippen molar-refractivity contribution in [2.45, 2.75) is 52.1 Å². The van der Waals surface area contributed by atoms with E-state index < -0.39 is 12.0 Å². The summed E-state index contributed by atoms with van der Waals surface area (Å²) in [5.74, 6) is 0.138. The number of aliphatic carboxylic acids is 1. The van der Waals surface area contributed by atoms with Crippen LogP contribution >= 0.6 is 0 Å². The van der Waals surface area contributed by atoms with Gasteiger partial charge >= 0.3 is 12.0 Å².